The van der Waals surface area contributed by atoms with Gasteiger partial charge < -0.3 is 10.2 Å². The molecular weight excluding hydrogens is 251 g/mol. The fourth-order valence-electron chi connectivity index (χ4n) is 3.16. The monoisotopic (exact) mass is 276 g/mol. The molecule has 2 aliphatic rings. The van der Waals surface area contributed by atoms with Crippen LogP contribution >= 0.6 is 0 Å². The zero-order valence-electron chi connectivity index (χ0n) is 12.4. The molecule has 0 amide bonds. The Labute approximate surface area is 121 Å². The predicted molar refractivity (Wildman–Crippen MR) is 81.5 cm³/mol. The van der Waals surface area contributed by atoms with Crippen molar-refractivity contribution in [3.05, 3.63) is 29.6 Å². The van der Waals surface area contributed by atoms with Gasteiger partial charge in [-0.25, -0.2) is 4.39 Å². The van der Waals surface area contributed by atoms with Crippen molar-refractivity contribution in [1.29, 1.82) is 0 Å². The van der Waals surface area contributed by atoms with Gasteiger partial charge in [-0.15, -0.1) is 0 Å². The Balaban J connectivity index is 1.83. The molecule has 0 aromatic heterocycles. The molecule has 1 saturated heterocycles. The Bertz CT molecular complexity index is 456. The Morgan fingerprint density at radius 2 is 2.05 bits per heavy atom. The van der Waals surface area contributed by atoms with Crippen molar-refractivity contribution in [3.63, 3.8) is 0 Å². The minimum absolute atomic E-state index is 0.0629. The smallest absolute Gasteiger partial charge is 0.129 e. The Kier molecular flexibility index (Phi) is 4.25. The van der Waals surface area contributed by atoms with Crippen LogP contribution in [0.4, 0.5) is 10.1 Å². The van der Waals surface area contributed by atoms with Crippen molar-refractivity contribution < 1.29 is 4.39 Å². The lowest BCUT2D eigenvalue weighted by Gasteiger charge is -2.31. The summed E-state index contributed by atoms with van der Waals surface area (Å²) in [5.74, 6) is -0.0629. The van der Waals surface area contributed by atoms with E-state index in [0.29, 0.717) is 18.6 Å². The van der Waals surface area contributed by atoms with Crippen LogP contribution in [0.2, 0.25) is 0 Å². The lowest BCUT2D eigenvalue weighted by Crippen LogP contribution is -2.34. The van der Waals surface area contributed by atoms with Crippen LogP contribution in [-0.2, 0) is 6.54 Å². The van der Waals surface area contributed by atoms with Crippen LogP contribution in [0.25, 0.3) is 0 Å². The topological polar surface area (TPSA) is 15.3 Å². The molecule has 0 radical (unpaired) electrons. The molecule has 0 bridgehead atoms. The summed E-state index contributed by atoms with van der Waals surface area (Å²) in [5.41, 5.74) is 1.96. The van der Waals surface area contributed by atoms with Gasteiger partial charge in [-0.3, -0.25) is 0 Å². The summed E-state index contributed by atoms with van der Waals surface area (Å²) in [6.07, 6.45) is 7.50. The summed E-state index contributed by atoms with van der Waals surface area (Å²) < 4.78 is 14.2. The SMILES string of the molecule is CC1CCCCCN1c1cccc(F)c1CNC1CC1. The average molecular weight is 276 g/mol. The van der Waals surface area contributed by atoms with Gasteiger partial charge >= 0.3 is 0 Å². The van der Waals surface area contributed by atoms with Crippen molar-refractivity contribution in [2.24, 2.45) is 0 Å². The van der Waals surface area contributed by atoms with Crippen molar-refractivity contribution >= 4 is 5.69 Å². The van der Waals surface area contributed by atoms with Gasteiger partial charge in [0.25, 0.3) is 0 Å². The van der Waals surface area contributed by atoms with Crippen molar-refractivity contribution in [2.45, 2.75) is 64.1 Å². The van der Waals surface area contributed by atoms with Crippen LogP contribution in [0.3, 0.4) is 0 Å². The van der Waals surface area contributed by atoms with E-state index in [4.69, 9.17) is 0 Å². The molecule has 0 spiro atoms. The molecule has 2 fully saturated rings. The molecule has 1 aliphatic heterocycles. The average Bonchev–Trinajstić information content (AvgIpc) is 3.25. The maximum atomic E-state index is 14.2. The highest BCUT2D eigenvalue weighted by molar-refractivity contribution is 5.55. The molecule has 1 unspecified atom stereocenters. The third kappa shape index (κ3) is 3.14. The van der Waals surface area contributed by atoms with Crippen molar-refractivity contribution in [3.8, 4) is 0 Å². The second kappa shape index (κ2) is 6.13. The first-order valence-corrected chi connectivity index (χ1v) is 8.03. The van der Waals surface area contributed by atoms with Gasteiger partial charge in [0.2, 0.25) is 0 Å². The Hall–Kier alpha value is -1.09. The molecule has 3 rings (SSSR count). The van der Waals surface area contributed by atoms with Crippen LogP contribution in [-0.4, -0.2) is 18.6 Å². The minimum atomic E-state index is -0.0629. The highest BCUT2D eigenvalue weighted by Gasteiger charge is 2.24. The number of hydrogen-bond donors (Lipinski definition) is 1. The van der Waals surface area contributed by atoms with Crippen molar-refractivity contribution in [2.75, 3.05) is 11.4 Å². The van der Waals surface area contributed by atoms with E-state index in [-0.39, 0.29) is 5.82 Å². The molecule has 1 N–H and O–H groups in total. The third-order valence-corrected chi connectivity index (χ3v) is 4.60. The Morgan fingerprint density at radius 3 is 2.85 bits per heavy atom. The van der Waals surface area contributed by atoms with Gasteiger partial charge in [-0.1, -0.05) is 18.9 Å². The number of hydrogen-bond acceptors (Lipinski definition) is 2. The van der Waals surface area contributed by atoms with Gasteiger partial charge in [-0.05, 0) is 44.7 Å². The predicted octanol–water partition coefficient (Wildman–Crippen LogP) is 3.85. The van der Waals surface area contributed by atoms with E-state index < -0.39 is 0 Å². The Morgan fingerprint density at radius 1 is 1.20 bits per heavy atom. The summed E-state index contributed by atoms with van der Waals surface area (Å²) in [4.78, 5) is 2.42. The molecule has 110 valence electrons. The fourth-order valence-corrected chi connectivity index (χ4v) is 3.16. The van der Waals surface area contributed by atoms with E-state index in [1.807, 2.05) is 6.07 Å². The van der Waals surface area contributed by atoms with E-state index in [0.717, 1.165) is 17.8 Å². The maximum absolute atomic E-state index is 14.2. The van der Waals surface area contributed by atoms with E-state index >= 15 is 0 Å². The standard InChI is InChI=1S/C17H25FN2/c1-13-6-3-2-4-11-20(13)17-8-5-7-16(18)15(17)12-19-14-9-10-14/h5,7-8,13-14,19H,2-4,6,9-12H2,1H3. The summed E-state index contributed by atoms with van der Waals surface area (Å²) in [7, 11) is 0. The molecule has 1 aliphatic carbocycles. The summed E-state index contributed by atoms with van der Waals surface area (Å²) in [6, 6.07) is 6.66. The maximum Gasteiger partial charge on any atom is 0.129 e. The first kappa shape index (κ1) is 13.9. The number of nitrogens with zero attached hydrogens (tertiary/aromatic N) is 1. The summed E-state index contributed by atoms with van der Waals surface area (Å²) >= 11 is 0. The normalized spacial score (nSPS) is 23.7. The molecule has 1 aromatic carbocycles. The molecule has 2 nitrogen and oxygen atoms in total. The third-order valence-electron chi connectivity index (χ3n) is 4.60. The quantitative estimate of drug-likeness (QED) is 0.898. The van der Waals surface area contributed by atoms with Crippen molar-refractivity contribution in [1.82, 2.24) is 5.32 Å². The lowest BCUT2D eigenvalue weighted by atomic mass is 10.1. The number of nitrogens with one attached hydrogen (secondary N) is 1. The van der Waals surface area contributed by atoms with Crippen LogP contribution in [0.15, 0.2) is 18.2 Å². The zero-order chi connectivity index (χ0) is 13.9. The van der Waals surface area contributed by atoms with Crippen LogP contribution in [0.1, 0.15) is 51.0 Å². The number of halogens is 1. The summed E-state index contributed by atoms with van der Waals surface area (Å²) in [6.45, 7) is 3.99. The van der Waals surface area contributed by atoms with Gasteiger partial charge in [0.15, 0.2) is 0 Å². The molecule has 1 aromatic rings. The van der Waals surface area contributed by atoms with E-state index in [9.17, 15) is 4.39 Å². The first-order chi connectivity index (χ1) is 9.75. The number of benzene rings is 1. The molecule has 3 heteroatoms. The summed E-state index contributed by atoms with van der Waals surface area (Å²) in [5, 5.41) is 3.46. The minimum Gasteiger partial charge on any atom is -0.368 e. The molecule has 1 atom stereocenters. The van der Waals surface area contributed by atoms with E-state index in [1.54, 1.807) is 6.07 Å². The largest absolute Gasteiger partial charge is 0.368 e. The second-order valence-corrected chi connectivity index (χ2v) is 6.28. The molecular formula is C17H25FN2. The van der Waals surface area contributed by atoms with Crippen LogP contribution < -0.4 is 10.2 Å². The van der Waals surface area contributed by atoms with Gasteiger partial charge in [0, 0.05) is 36.4 Å². The lowest BCUT2D eigenvalue weighted by molar-refractivity contribution is 0.574. The first-order valence-electron chi connectivity index (χ1n) is 8.03. The van der Waals surface area contributed by atoms with Crippen LogP contribution in [0, 0.1) is 5.82 Å². The van der Waals surface area contributed by atoms with E-state index in [1.165, 1.54) is 38.5 Å². The van der Waals surface area contributed by atoms with Crippen LogP contribution in [0.5, 0.6) is 0 Å². The van der Waals surface area contributed by atoms with Gasteiger partial charge in [0.05, 0.1) is 0 Å². The highest BCUT2D eigenvalue weighted by atomic mass is 19.1. The van der Waals surface area contributed by atoms with E-state index in [2.05, 4.69) is 23.2 Å². The molecule has 20 heavy (non-hydrogen) atoms. The molecule has 1 saturated carbocycles. The number of rotatable bonds is 4. The second-order valence-electron chi connectivity index (χ2n) is 6.28. The number of anilines is 1. The molecule has 1 heterocycles. The van der Waals surface area contributed by atoms with Gasteiger partial charge in [0.1, 0.15) is 5.82 Å². The zero-order valence-corrected chi connectivity index (χ0v) is 12.4. The van der Waals surface area contributed by atoms with Gasteiger partial charge in [-0.2, -0.15) is 0 Å². The highest BCUT2D eigenvalue weighted by Crippen LogP contribution is 2.30. The fraction of sp³-hybridized carbons (Fsp3) is 0.647.